The molecule has 2 heterocycles. The Balaban J connectivity index is 1.70. The second-order valence-electron chi connectivity index (χ2n) is 15.7. The fourth-order valence-electron chi connectivity index (χ4n) is 6.06. The Morgan fingerprint density at radius 3 is 2.58 bits per heavy atom. The Labute approximate surface area is 304 Å². The summed E-state index contributed by atoms with van der Waals surface area (Å²) >= 11 is 0. The average molecular weight is 705 g/mol. The molecular weight excluding hydrogens is 641 g/mol. The van der Waals surface area contributed by atoms with E-state index in [4.69, 9.17) is 29.8 Å². The quantitative estimate of drug-likeness (QED) is 0.0879. The fourth-order valence-corrected chi connectivity index (χ4v) is 7.33. The van der Waals surface area contributed by atoms with Crippen LogP contribution >= 0.6 is 0 Å². The number of aliphatic hydroxyl groups is 1. The summed E-state index contributed by atoms with van der Waals surface area (Å²) in [6.07, 6.45) is 24.3. The first-order chi connectivity index (χ1) is 23.7. The molecule has 0 saturated heterocycles. The van der Waals surface area contributed by atoms with Crippen LogP contribution in [0.25, 0.3) is 0 Å². The summed E-state index contributed by atoms with van der Waals surface area (Å²) in [6.45, 7) is 21.0. The zero-order valence-electron chi connectivity index (χ0n) is 32.0. The van der Waals surface area contributed by atoms with Crippen molar-refractivity contribution in [3.63, 3.8) is 0 Å². The van der Waals surface area contributed by atoms with Crippen LogP contribution in [0.4, 0.5) is 0 Å². The predicted octanol–water partition coefficient (Wildman–Crippen LogP) is 9.67. The molecule has 7 heteroatoms. The number of ether oxygens (including phenoxy) is 4. The predicted molar refractivity (Wildman–Crippen MR) is 209 cm³/mol. The fraction of sp³-hybridized carbons (Fsp3) is 0.581. The van der Waals surface area contributed by atoms with Crippen molar-refractivity contribution in [2.75, 3.05) is 13.7 Å². The normalized spacial score (nSPS) is 22.6. The molecule has 50 heavy (non-hydrogen) atoms. The van der Waals surface area contributed by atoms with Crippen LogP contribution in [0.5, 0.6) is 5.75 Å². The van der Waals surface area contributed by atoms with Gasteiger partial charge in [-0.05, 0) is 87.2 Å². The van der Waals surface area contributed by atoms with Gasteiger partial charge in [-0.25, -0.2) is 0 Å². The standard InChI is InChI=1S/C43H64O6Si/c1-11-14-38-16-13-17-40(48-38)30-34(4)27-33(3)28-36(44)15-12-18-41(47-31-35-19-21-37(45-8)22-20-35)42(49-50(9,10)43(5,6)7)24-23-39-29-32(2)25-26-46-39/h1,12-13,15-16,19-25,34,36,38-42,44H,3,14,17-18,26-31H2,2,4-10H3/t34-,36?,38+,39+,40-,41-,42-/m0/s1. The van der Waals surface area contributed by atoms with E-state index in [9.17, 15) is 5.11 Å². The monoisotopic (exact) mass is 704 g/mol. The van der Waals surface area contributed by atoms with Gasteiger partial charge in [-0.1, -0.05) is 100 Å². The molecule has 0 aliphatic carbocycles. The molecule has 0 amide bonds. The van der Waals surface area contributed by atoms with E-state index in [1.807, 2.05) is 36.4 Å². The van der Waals surface area contributed by atoms with Gasteiger partial charge >= 0.3 is 0 Å². The van der Waals surface area contributed by atoms with Crippen LogP contribution in [0.1, 0.15) is 85.1 Å². The van der Waals surface area contributed by atoms with Crippen LogP contribution in [0.15, 0.2) is 84.5 Å². The summed E-state index contributed by atoms with van der Waals surface area (Å²) in [4.78, 5) is 0. The van der Waals surface area contributed by atoms with Gasteiger partial charge in [-0.15, -0.1) is 12.3 Å². The minimum atomic E-state index is -2.18. The van der Waals surface area contributed by atoms with Gasteiger partial charge in [0.15, 0.2) is 8.32 Å². The van der Waals surface area contributed by atoms with Gasteiger partial charge < -0.3 is 28.5 Å². The van der Waals surface area contributed by atoms with E-state index < -0.39 is 14.4 Å². The summed E-state index contributed by atoms with van der Waals surface area (Å²) in [6, 6.07) is 7.96. The zero-order chi connectivity index (χ0) is 36.7. The highest BCUT2D eigenvalue weighted by Crippen LogP contribution is 2.38. The summed E-state index contributed by atoms with van der Waals surface area (Å²) in [5.41, 5.74) is 3.42. The lowest BCUT2D eigenvalue weighted by Crippen LogP contribution is -2.47. The first-order valence-corrected chi connectivity index (χ1v) is 21.2. The first kappa shape index (κ1) is 41.7. The number of rotatable bonds is 19. The third-order valence-electron chi connectivity index (χ3n) is 9.97. The number of aliphatic hydroxyl groups excluding tert-OH is 1. The van der Waals surface area contributed by atoms with Crippen LogP contribution in [-0.2, 0) is 25.2 Å². The van der Waals surface area contributed by atoms with Crippen LogP contribution in [-0.4, -0.2) is 63.8 Å². The van der Waals surface area contributed by atoms with E-state index in [1.54, 1.807) is 7.11 Å². The zero-order valence-corrected chi connectivity index (χ0v) is 33.0. The highest BCUT2D eigenvalue weighted by atomic mass is 28.4. The highest BCUT2D eigenvalue weighted by Gasteiger charge is 2.40. The van der Waals surface area contributed by atoms with Gasteiger partial charge in [0.1, 0.15) is 5.75 Å². The van der Waals surface area contributed by atoms with Crippen LogP contribution in [0, 0.1) is 18.3 Å². The molecule has 0 radical (unpaired) electrons. The molecule has 6 nitrogen and oxygen atoms in total. The molecule has 2 aliphatic heterocycles. The van der Waals surface area contributed by atoms with Crippen LogP contribution in [0.3, 0.4) is 0 Å². The Morgan fingerprint density at radius 2 is 1.92 bits per heavy atom. The lowest BCUT2D eigenvalue weighted by molar-refractivity contribution is -0.0204. The largest absolute Gasteiger partial charge is 0.497 e. The summed E-state index contributed by atoms with van der Waals surface area (Å²) in [7, 11) is -0.513. The Bertz CT molecular complexity index is 1340. The summed E-state index contributed by atoms with van der Waals surface area (Å²) < 4.78 is 31.3. The number of hydrogen-bond acceptors (Lipinski definition) is 6. The molecular formula is C43H64O6Si. The lowest BCUT2D eigenvalue weighted by Gasteiger charge is -2.40. The van der Waals surface area contributed by atoms with Gasteiger partial charge in [-0.2, -0.15) is 0 Å². The van der Waals surface area contributed by atoms with Crippen molar-refractivity contribution in [2.45, 2.75) is 141 Å². The van der Waals surface area contributed by atoms with Gasteiger partial charge in [0.2, 0.25) is 0 Å². The molecule has 1 aromatic carbocycles. The molecule has 276 valence electrons. The van der Waals surface area contributed by atoms with Crippen molar-refractivity contribution in [1.82, 2.24) is 0 Å². The van der Waals surface area contributed by atoms with Gasteiger partial charge in [-0.3, -0.25) is 0 Å². The molecule has 0 saturated carbocycles. The smallest absolute Gasteiger partial charge is 0.193 e. The maximum absolute atomic E-state index is 11.0. The van der Waals surface area contributed by atoms with Crippen molar-refractivity contribution in [2.24, 2.45) is 5.92 Å². The van der Waals surface area contributed by atoms with Crippen molar-refractivity contribution in [1.29, 1.82) is 0 Å². The van der Waals surface area contributed by atoms with Crippen molar-refractivity contribution in [3.8, 4) is 18.1 Å². The van der Waals surface area contributed by atoms with E-state index in [0.29, 0.717) is 38.4 Å². The SMILES string of the molecule is C#CC[C@@H]1C=CC[C@@H](C[C@@H](C)CC(=C)CC(O)C=CC[C@H](OCc2ccc(OC)cc2)[C@H](C=C[C@@H]2CC(C)=CCO2)O[Si](C)(C)C(C)(C)C)O1. The second-order valence-corrected chi connectivity index (χ2v) is 20.4. The summed E-state index contributed by atoms with van der Waals surface area (Å²) in [5, 5.41) is 11.1. The van der Waals surface area contributed by atoms with Crippen LogP contribution < -0.4 is 4.74 Å². The van der Waals surface area contributed by atoms with E-state index in [2.05, 4.69) is 90.6 Å². The minimum Gasteiger partial charge on any atom is -0.497 e. The number of hydrogen-bond donors (Lipinski definition) is 1. The molecule has 0 bridgehead atoms. The Morgan fingerprint density at radius 1 is 1.18 bits per heavy atom. The van der Waals surface area contributed by atoms with Gasteiger partial charge in [0, 0.05) is 6.42 Å². The minimum absolute atomic E-state index is 0.00374. The molecule has 3 rings (SSSR count). The topological polar surface area (TPSA) is 66.4 Å². The highest BCUT2D eigenvalue weighted by molar-refractivity contribution is 6.74. The van der Waals surface area contributed by atoms with Crippen molar-refractivity contribution < 1.29 is 28.5 Å². The van der Waals surface area contributed by atoms with E-state index in [1.165, 1.54) is 5.57 Å². The van der Waals surface area contributed by atoms with E-state index in [-0.39, 0.29) is 35.6 Å². The molecule has 2 aliphatic rings. The first-order valence-electron chi connectivity index (χ1n) is 18.3. The number of methoxy groups -OCH3 is 1. The number of terminal acetylenes is 1. The van der Waals surface area contributed by atoms with Gasteiger partial charge in [0.25, 0.3) is 0 Å². The molecule has 1 unspecified atom stereocenters. The number of benzene rings is 1. The van der Waals surface area contributed by atoms with Crippen molar-refractivity contribution in [3.05, 3.63) is 90.1 Å². The molecule has 1 aromatic rings. The van der Waals surface area contributed by atoms with E-state index >= 15 is 0 Å². The molecule has 0 spiro atoms. The third kappa shape index (κ3) is 14.5. The molecule has 0 aromatic heterocycles. The molecule has 0 fully saturated rings. The van der Waals surface area contributed by atoms with Crippen LogP contribution in [0.2, 0.25) is 18.1 Å². The summed E-state index contributed by atoms with van der Waals surface area (Å²) in [5.74, 6) is 3.90. The molecule has 1 N–H and O–H groups in total. The maximum Gasteiger partial charge on any atom is 0.193 e. The third-order valence-corrected chi connectivity index (χ3v) is 14.4. The molecule has 7 atom stereocenters. The second kappa shape index (κ2) is 20.4. The van der Waals surface area contributed by atoms with E-state index in [0.717, 1.165) is 42.6 Å². The average Bonchev–Trinajstić information content (AvgIpc) is 3.04. The Kier molecular flexibility index (Phi) is 17.0. The van der Waals surface area contributed by atoms with Crippen molar-refractivity contribution >= 4 is 8.32 Å². The Hall–Kier alpha value is -2.70. The van der Waals surface area contributed by atoms with Gasteiger partial charge in [0.05, 0.1) is 56.9 Å². The maximum atomic E-state index is 11.0. The lowest BCUT2D eigenvalue weighted by atomic mass is 9.91.